The van der Waals surface area contributed by atoms with Crippen LogP contribution in [0, 0.1) is 0 Å². The molecular formula is C16H18BrN3O3S. The number of hydrogen-bond donors (Lipinski definition) is 2. The molecule has 1 heterocycles. The van der Waals surface area contributed by atoms with Crippen LogP contribution in [-0.2, 0) is 11.2 Å². The number of ether oxygens (including phenoxy) is 1. The molecule has 2 N–H and O–H groups in total. The zero-order valence-corrected chi connectivity index (χ0v) is 15.9. The van der Waals surface area contributed by atoms with E-state index < -0.39 is 5.97 Å². The number of aromatic amines is 1. The number of aliphatic carboxylic acids is 1. The highest BCUT2D eigenvalue weighted by molar-refractivity contribution is 9.10. The number of nitrogens with zero attached hydrogens (tertiary/aromatic N) is 2. The van der Waals surface area contributed by atoms with Crippen LogP contribution in [0.1, 0.15) is 32.2 Å². The Morgan fingerprint density at radius 2 is 2.25 bits per heavy atom. The maximum atomic E-state index is 11.6. The van der Waals surface area contributed by atoms with Crippen LogP contribution in [0.3, 0.4) is 0 Å². The minimum absolute atomic E-state index is 0.0145. The van der Waals surface area contributed by atoms with Crippen LogP contribution in [0.25, 0.3) is 6.08 Å². The van der Waals surface area contributed by atoms with Crippen molar-refractivity contribution in [2.45, 2.75) is 38.5 Å². The first-order chi connectivity index (χ1) is 11.4. The molecule has 0 radical (unpaired) electrons. The van der Waals surface area contributed by atoms with Crippen molar-refractivity contribution in [3.8, 4) is 5.75 Å². The Kier molecular flexibility index (Phi) is 6.44. The molecule has 0 spiro atoms. The van der Waals surface area contributed by atoms with Crippen molar-refractivity contribution in [1.29, 1.82) is 0 Å². The minimum Gasteiger partial charge on any atom is -0.490 e. The lowest BCUT2D eigenvalue weighted by Gasteiger charge is -2.13. The van der Waals surface area contributed by atoms with Gasteiger partial charge in [0, 0.05) is 16.5 Å². The molecule has 1 aromatic carbocycles. The summed E-state index contributed by atoms with van der Waals surface area (Å²) in [5, 5.41) is 16.7. The monoisotopic (exact) mass is 411 g/mol. The van der Waals surface area contributed by atoms with E-state index in [0.717, 1.165) is 16.2 Å². The quantitative estimate of drug-likeness (QED) is 0.525. The van der Waals surface area contributed by atoms with E-state index in [-0.39, 0.29) is 11.0 Å². The Labute approximate surface area is 152 Å². The largest absolute Gasteiger partial charge is 0.490 e. The number of carbonyl (C=O) groups is 1. The van der Waals surface area contributed by atoms with Gasteiger partial charge in [-0.3, -0.25) is 5.10 Å². The van der Waals surface area contributed by atoms with Crippen molar-refractivity contribution in [1.82, 2.24) is 15.2 Å². The van der Waals surface area contributed by atoms with Gasteiger partial charge in [0.2, 0.25) is 5.16 Å². The summed E-state index contributed by atoms with van der Waals surface area (Å²) in [7, 11) is 0. The molecular weight excluding hydrogens is 394 g/mol. The Balaban J connectivity index is 2.36. The summed E-state index contributed by atoms with van der Waals surface area (Å²) in [6.45, 7) is 5.78. The molecule has 0 amide bonds. The van der Waals surface area contributed by atoms with Crippen LogP contribution in [-0.4, -0.2) is 32.4 Å². The zero-order valence-electron chi connectivity index (χ0n) is 13.5. The lowest BCUT2D eigenvalue weighted by atomic mass is 10.2. The maximum absolute atomic E-state index is 11.6. The van der Waals surface area contributed by atoms with Gasteiger partial charge in [0.1, 0.15) is 16.5 Å². The number of thioether (sulfide) groups is 1. The highest BCUT2D eigenvalue weighted by Crippen LogP contribution is 2.31. The fourth-order valence-electron chi connectivity index (χ4n) is 1.85. The van der Waals surface area contributed by atoms with Gasteiger partial charge in [-0.1, -0.05) is 22.9 Å². The summed E-state index contributed by atoms with van der Waals surface area (Å²) in [5.74, 6) is 0.295. The van der Waals surface area contributed by atoms with Crippen molar-refractivity contribution in [2.75, 3.05) is 0 Å². The molecule has 0 saturated heterocycles. The average molecular weight is 412 g/mol. The first-order valence-corrected chi connectivity index (χ1v) is 9.00. The lowest BCUT2D eigenvalue weighted by molar-refractivity contribution is -0.131. The molecule has 24 heavy (non-hydrogen) atoms. The number of H-pyrrole nitrogens is 1. The second-order valence-electron chi connectivity index (χ2n) is 5.18. The molecule has 128 valence electrons. The third-order valence-electron chi connectivity index (χ3n) is 2.88. The summed E-state index contributed by atoms with van der Waals surface area (Å²) in [6, 6.07) is 5.48. The first-order valence-electron chi connectivity index (χ1n) is 7.39. The molecule has 8 heteroatoms. The summed E-state index contributed by atoms with van der Waals surface area (Å²) in [6.07, 6.45) is 2.26. The van der Waals surface area contributed by atoms with E-state index in [1.807, 2.05) is 39.0 Å². The van der Waals surface area contributed by atoms with E-state index in [1.54, 1.807) is 6.08 Å². The van der Waals surface area contributed by atoms with Gasteiger partial charge < -0.3 is 9.84 Å². The normalized spacial score (nSPS) is 11.8. The van der Waals surface area contributed by atoms with Gasteiger partial charge in [0.05, 0.1) is 6.10 Å². The highest BCUT2D eigenvalue weighted by Gasteiger charge is 2.15. The number of carboxylic acid groups (broad SMARTS) is 1. The third kappa shape index (κ3) is 5.10. The molecule has 1 aromatic heterocycles. The van der Waals surface area contributed by atoms with Crippen LogP contribution in [0.15, 0.2) is 32.7 Å². The van der Waals surface area contributed by atoms with Crippen molar-refractivity contribution in [3.63, 3.8) is 0 Å². The summed E-state index contributed by atoms with van der Waals surface area (Å²) in [4.78, 5) is 15.9. The first kappa shape index (κ1) is 18.5. The molecule has 0 unspecified atom stereocenters. The molecule has 0 aliphatic carbocycles. The van der Waals surface area contributed by atoms with E-state index in [9.17, 15) is 9.90 Å². The predicted octanol–water partition coefficient (Wildman–Crippen LogP) is 4.13. The number of aryl methyl sites for hydroxylation is 1. The smallest absolute Gasteiger partial charge is 0.342 e. The standard InChI is InChI=1S/C16H18BrN3O3S/c1-4-14-18-16(20-19-14)24-13(15(21)22)8-10-7-11(17)5-6-12(10)23-9(2)3/h5-9H,4H2,1-3H3,(H,21,22)(H,18,19,20)/b13-8+. The van der Waals surface area contributed by atoms with Gasteiger partial charge in [-0.2, -0.15) is 0 Å². The predicted molar refractivity (Wildman–Crippen MR) is 97.1 cm³/mol. The highest BCUT2D eigenvalue weighted by atomic mass is 79.9. The van der Waals surface area contributed by atoms with Gasteiger partial charge >= 0.3 is 5.97 Å². The minimum atomic E-state index is -1.04. The molecule has 2 aromatic rings. The topological polar surface area (TPSA) is 88.1 Å². The second-order valence-corrected chi connectivity index (χ2v) is 7.11. The average Bonchev–Trinajstić information content (AvgIpc) is 2.96. The van der Waals surface area contributed by atoms with E-state index in [2.05, 4.69) is 31.1 Å². The van der Waals surface area contributed by atoms with E-state index in [4.69, 9.17) is 4.74 Å². The van der Waals surface area contributed by atoms with Crippen LogP contribution >= 0.6 is 27.7 Å². The molecule has 2 rings (SSSR count). The van der Waals surface area contributed by atoms with Gasteiger partial charge in [0.15, 0.2) is 0 Å². The molecule has 0 saturated carbocycles. The number of rotatable bonds is 7. The number of nitrogens with one attached hydrogen (secondary N) is 1. The third-order valence-corrected chi connectivity index (χ3v) is 4.25. The Morgan fingerprint density at radius 3 is 2.83 bits per heavy atom. The van der Waals surface area contributed by atoms with Gasteiger partial charge in [-0.25, -0.2) is 9.78 Å². The SMILES string of the molecule is CCc1nc(S/C(=C/c2cc(Br)ccc2OC(C)C)C(=O)O)n[nH]1. The second kappa shape index (κ2) is 8.34. The van der Waals surface area contributed by atoms with Crippen molar-refractivity contribution in [2.24, 2.45) is 0 Å². The van der Waals surface area contributed by atoms with E-state index >= 15 is 0 Å². The molecule has 0 aliphatic heterocycles. The molecule has 6 nitrogen and oxygen atoms in total. The number of halogens is 1. The molecule has 0 atom stereocenters. The van der Waals surface area contributed by atoms with Crippen LogP contribution in [0.2, 0.25) is 0 Å². The molecule has 0 bridgehead atoms. The van der Waals surface area contributed by atoms with Crippen molar-refractivity contribution >= 4 is 39.7 Å². The fourth-order valence-corrected chi connectivity index (χ4v) is 2.95. The number of carboxylic acids is 1. The van der Waals surface area contributed by atoms with Crippen LogP contribution < -0.4 is 4.74 Å². The summed E-state index contributed by atoms with van der Waals surface area (Å²) in [5.41, 5.74) is 0.675. The number of aromatic nitrogens is 3. The Morgan fingerprint density at radius 1 is 1.50 bits per heavy atom. The van der Waals surface area contributed by atoms with Gasteiger partial charge in [-0.15, -0.1) is 5.10 Å². The fraction of sp³-hybridized carbons (Fsp3) is 0.312. The van der Waals surface area contributed by atoms with Gasteiger partial charge in [0.25, 0.3) is 0 Å². The van der Waals surface area contributed by atoms with Gasteiger partial charge in [-0.05, 0) is 49.9 Å². The Bertz CT molecular complexity index is 759. The number of benzene rings is 1. The van der Waals surface area contributed by atoms with Crippen molar-refractivity contribution in [3.05, 3.63) is 39.0 Å². The van der Waals surface area contributed by atoms with Crippen LogP contribution in [0.5, 0.6) is 5.75 Å². The van der Waals surface area contributed by atoms with E-state index in [0.29, 0.717) is 28.7 Å². The summed E-state index contributed by atoms with van der Waals surface area (Å²) >= 11 is 4.40. The Hall–Kier alpha value is -1.80. The number of hydrogen-bond acceptors (Lipinski definition) is 5. The van der Waals surface area contributed by atoms with E-state index in [1.165, 1.54) is 0 Å². The lowest BCUT2D eigenvalue weighted by Crippen LogP contribution is -2.07. The summed E-state index contributed by atoms with van der Waals surface area (Å²) < 4.78 is 6.59. The maximum Gasteiger partial charge on any atom is 0.342 e. The molecule has 0 aliphatic rings. The molecule has 0 fully saturated rings. The van der Waals surface area contributed by atoms with Crippen LogP contribution in [0.4, 0.5) is 0 Å². The zero-order chi connectivity index (χ0) is 17.7. The van der Waals surface area contributed by atoms with Crippen molar-refractivity contribution < 1.29 is 14.6 Å².